The third-order valence-electron chi connectivity index (χ3n) is 2.67. The van der Waals surface area contributed by atoms with Gasteiger partial charge >= 0.3 is 0 Å². The van der Waals surface area contributed by atoms with Gasteiger partial charge in [-0.05, 0) is 23.8 Å². The number of hydrogen-bond donors (Lipinski definition) is 0. The molecule has 0 saturated heterocycles. The molecule has 0 spiro atoms. The summed E-state index contributed by atoms with van der Waals surface area (Å²) in [6.45, 7) is 0. The van der Waals surface area contributed by atoms with E-state index in [9.17, 15) is 8.78 Å². The van der Waals surface area contributed by atoms with Gasteiger partial charge in [0.1, 0.15) is 5.15 Å². The molecule has 3 aromatic rings. The van der Waals surface area contributed by atoms with Crippen LogP contribution in [0.5, 0.6) is 0 Å². The summed E-state index contributed by atoms with van der Waals surface area (Å²) in [7, 11) is 0. The van der Waals surface area contributed by atoms with Crippen LogP contribution in [0.25, 0.3) is 5.65 Å². The molecular weight excluding hydrogens is 274 g/mol. The van der Waals surface area contributed by atoms with Gasteiger partial charge in [-0.25, -0.2) is 8.78 Å². The minimum Gasteiger partial charge on any atom is -0.204 e. The van der Waals surface area contributed by atoms with E-state index < -0.39 is 11.6 Å². The van der Waals surface area contributed by atoms with Crippen molar-refractivity contribution in [3.05, 3.63) is 58.5 Å². The lowest BCUT2D eigenvalue weighted by Gasteiger charge is -2.02. The number of fused-ring (bicyclic) bond motifs is 1. The molecule has 0 fully saturated rings. The number of hydrogen-bond acceptors (Lipinski definition) is 3. The molecule has 0 N–H and O–H groups in total. The summed E-state index contributed by atoms with van der Waals surface area (Å²) < 4.78 is 28.1. The van der Waals surface area contributed by atoms with Crippen LogP contribution in [0.15, 0.2) is 30.3 Å². The number of nitrogens with zero attached hydrogens (tertiary/aromatic N) is 4. The predicted molar refractivity (Wildman–Crippen MR) is 65.0 cm³/mol. The van der Waals surface area contributed by atoms with Crippen molar-refractivity contribution in [2.45, 2.75) is 6.42 Å². The second-order valence-electron chi connectivity index (χ2n) is 3.93. The molecule has 2 aromatic heterocycles. The third-order valence-corrected chi connectivity index (χ3v) is 2.88. The molecule has 0 bridgehead atoms. The average molecular weight is 281 g/mol. The maximum atomic E-state index is 13.6. The van der Waals surface area contributed by atoms with Gasteiger partial charge in [-0.3, -0.25) is 0 Å². The van der Waals surface area contributed by atoms with E-state index in [1.54, 1.807) is 12.1 Å². The van der Waals surface area contributed by atoms with Crippen LogP contribution in [0.3, 0.4) is 0 Å². The first-order chi connectivity index (χ1) is 9.15. The highest BCUT2D eigenvalue weighted by Crippen LogP contribution is 2.16. The highest BCUT2D eigenvalue weighted by molar-refractivity contribution is 6.29. The van der Waals surface area contributed by atoms with Crippen LogP contribution in [0, 0.1) is 11.6 Å². The molecule has 2 heterocycles. The Bertz CT molecular complexity index is 757. The van der Waals surface area contributed by atoms with Crippen molar-refractivity contribution in [3.63, 3.8) is 0 Å². The first-order valence-corrected chi connectivity index (χ1v) is 5.82. The Kier molecular flexibility index (Phi) is 2.87. The maximum absolute atomic E-state index is 13.6. The van der Waals surface area contributed by atoms with Crippen molar-refractivity contribution in [2.24, 2.45) is 0 Å². The van der Waals surface area contributed by atoms with Crippen molar-refractivity contribution in [1.29, 1.82) is 0 Å². The van der Waals surface area contributed by atoms with Gasteiger partial charge in [0.15, 0.2) is 23.1 Å². The number of aromatic nitrogens is 4. The van der Waals surface area contributed by atoms with E-state index >= 15 is 0 Å². The maximum Gasteiger partial charge on any atom is 0.178 e. The Morgan fingerprint density at radius 2 is 1.95 bits per heavy atom. The van der Waals surface area contributed by atoms with Gasteiger partial charge in [0, 0.05) is 6.42 Å². The molecule has 19 heavy (non-hydrogen) atoms. The zero-order valence-electron chi connectivity index (χ0n) is 9.52. The SMILES string of the molecule is Fc1cccc(Cc2nnc3ccc(Cl)nn23)c1F. The van der Waals surface area contributed by atoms with Crippen LogP contribution in [-0.2, 0) is 6.42 Å². The summed E-state index contributed by atoms with van der Waals surface area (Å²) in [6.07, 6.45) is 0.0815. The summed E-state index contributed by atoms with van der Waals surface area (Å²) >= 11 is 5.79. The summed E-state index contributed by atoms with van der Waals surface area (Å²) in [5.74, 6) is -1.39. The molecular formula is C12H7ClF2N4. The second-order valence-corrected chi connectivity index (χ2v) is 4.32. The molecule has 0 saturated carbocycles. The lowest BCUT2D eigenvalue weighted by molar-refractivity contribution is 0.499. The smallest absolute Gasteiger partial charge is 0.178 e. The molecule has 0 amide bonds. The van der Waals surface area contributed by atoms with Crippen molar-refractivity contribution in [1.82, 2.24) is 19.8 Å². The fourth-order valence-electron chi connectivity index (χ4n) is 1.78. The minimum absolute atomic E-state index is 0.0815. The number of halogens is 3. The lowest BCUT2D eigenvalue weighted by atomic mass is 10.1. The molecule has 96 valence electrons. The van der Waals surface area contributed by atoms with E-state index in [0.29, 0.717) is 11.5 Å². The van der Waals surface area contributed by atoms with E-state index in [1.807, 2.05) is 0 Å². The lowest BCUT2D eigenvalue weighted by Crippen LogP contribution is -2.02. The second kappa shape index (κ2) is 4.55. The molecule has 7 heteroatoms. The van der Waals surface area contributed by atoms with Crippen molar-refractivity contribution in [2.75, 3.05) is 0 Å². The van der Waals surface area contributed by atoms with E-state index in [1.165, 1.54) is 16.6 Å². The van der Waals surface area contributed by atoms with Gasteiger partial charge in [-0.2, -0.15) is 9.61 Å². The summed E-state index contributed by atoms with van der Waals surface area (Å²) in [5.41, 5.74) is 0.687. The molecule has 0 atom stereocenters. The first-order valence-electron chi connectivity index (χ1n) is 5.45. The van der Waals surface area contributed by atoms with E-state index in [0.717, 1.165) is 6.07 Å². The van der Waals surface area contributed by atoms with Gasteiger partial charge in [0.05, 0.1) is 0 Å². The average Bonchev–Trinajstić information content (AvgIpc) is 2.78. The molecule has 0 unspecified atom stereocenters. The van der Waals surface area contributed by atoms with Crippen LogP contribution in [-0.4, -0.2) is 19.8 Å². The van der Waals surface area contributed by atoms with Crippen molar-refractivity contribution in [3.8, 4) is 0 Å². The Labute approximate surface area is 111 Å². The normalized spacial score (nSPS) is 11.1. The molecule has 1 aromatic carbocycles. The van der Waals surface area contributed by atoms with Gasteiger partial charge in [-0.1, -0.05) is 23.7 Å². The van der Waals surface area contributed by atoms with Gasteiger partial charge < -0.3 is 0 Å². The van der Waals surface area contributed by atoms with E-state index in [4.69, 9.17) is 11.6 Å². The predicted octanol–water partition coefficient (Wildman–Crippen LogP) is 2.65. The van der Waals surface area contributed by atoms with Crippen LogP contribution >= 0.6 is 11.6 Å². The molecule has 0 radical (unpaired) electrons. The fraction of sp³-hybridized carbons (Fsp3) is 0.0833. The Balaban J connectivity index is 2.06. The fourth-order valence-corrected chi connectivity index (χ4v) is 1.92. The van der Waals surface area contributed by atoms with Gasteiger partial charge in [-0.15, -0.1) is 10.2 Å². The largest absolute Gasteiger partial charge is 0.204 e. The minimum atomic E-state index is -0.891. The molecule has 0 aliphatic rings. The quantitative estimate of drug-likeness (QED) is 0.725. The van der Waals surface area contributed by atoms with E-state index in [-0.39, 0.29) is 17.1 Å². The first kappa shape index (κ1) is 12.0. The van der Waals surface area contributed by atoms with Crippen molar-refractivity contribution < 1.29 is 8.78 Å². The summed E-state index contributed by atoms with van der Waals surface area (Å²) in [4.78, 5) is 0. The molecule has 0 aliphatic carbocycles. The van der Waals surface area contributed by atoms with E-state index in [2.05, 4.69) is 15.3 Å². The molecule has 3 rings (SSSR count). The highest BCUT2D eigenvalue weighted by atomic mass is 35.5. The van der Waals surface area contributed by atoms with Gasteiger partial charge in [0.2, 0.25) is 0 Å². The zero-order valence-corrected chi connectivity index (χ0v) is 10.3. The molecule has 4 nitrogen and oxygen atoms in total. The Hall–Kier alpha value is -2.08. The summed E-state index contributed by atoms with van der Waals surface area (Å²) in [5, 5.41) is 12.1. The Morgan fingerprint density at radius 3 is 2.79 bits per heavy atom. The molecule has 0 aliphatic heterocycles. The summed E-state index contributed by atoms with van der Waals surface area (Å²) in [6, 6.07) is 7.23. The standard InChI is InChI=1S/C12H7ClF2N4/c13-9-4-5-10-16-17-11(19(10)18-9)6-7-2-1-3-8(14)12(7)15/h1-5H,6H2. The van der Waals surface area contributed by atoms with Crippen LogP contribution in [0.2, 0.25) is 5.15 Å². The van der Waals surface area contributed by atoms with Crippen LogP contribution < -0.4 is 0 Å². The monoisotopic (exact) mass is 280 g/mol. The van der Waals surface area contributed by atoms with Crippen LogP contribution in [0.4, 0.5) is 8.78 Å². The topological polar surface area (TPSA) is 43.1 Å². The Morgan fingerprint density at radius 1 is 1.11 bits per heavy atom. The zero-order chi connectivity index (χ0) is 13.4. The third kappa shape index (κ3) is 2.15. The van der Waals surface area contributed by atoms with Crippen molar-refractivity contribution >= 4 is 17.2 Å². The number of benzene rings is 1. The van der Waals surface area contributed by atoms with Gasteiger partial charge in [0.25, 0.3) is 0 Å². The van der Waals surface area contributed by atoms with Crippen LogP contribution in [0.1, 0.15) is 11.4 Å². The highest BCUT2D eigenvalue weighted by Gasteiger charge is 2.13. The number of rotatable bonds is 2.